The molecule has 2 heterocycles. The summed E-state index contributed by atoms with van der Waals surface area (Å²) in [6.45, 7) is 6.33. The van der Waals surface area contributed by atoms with Gasteiger partial charge < -0.3 is 5.11 Å². The molecule has 4 heteroatoms. The predicted octanol–water partition coefficient (Wildman–Crippen LogP) is 1.73. The monoisotopic (exact) mass is 191 g/mol. The van der Waals surface area contributed by atoms with Crippen LogP contribution in [0.5, 0.6) is 5.75 Å². The van der Waals surface area contributed by atoms with Gasteiger partial charge in [-0.1, -0.05) is 20.8 Å². The fraction of sp³-hybridized carbons (Fsp3) is 0.400. The van der Waals surface area contributed by atoms with E-state index >= 15 is 0 Å². The summed E-state index contributed by atoms with van der Waals surface area (Å²) in [5.41, 5.74) is 1.63. The Labute approximate surface area is 82.2 Å². The van der Waals surface area contributed by atoms with Crippen LogP contribution in [0.4, 0.5) is 0 Å². The fourth-order valence-electron chi connectivity index (χ4n) is 1.25. The highest BCUT2D eigenvalue weighted by Crippen LogP contribution is 2.23. The molecule has 0 unspecified atom stereocenters. The van der Waals surface area contributed by atoms with Gasteiger partial charge in [-0.3, -0.25) is 0 Å². The zero-order valence-corrected chi connectivity index (χ0v) is 8.52. The van der Waals surface area contributed by atoms with Crippen molar-refractivity contribution in [3.63, 3.8) is 0 Å². The SMILES string of the molecule is CC(C)(C)c1cnc2c(O)cnn2c1. The second-order valence-electron chi connectivity index (χ2n) is 4.39. The van der Waals surface area contributed by atoms with E-state index in [1.165, 1.54) is 6.20 Å². The van der Waals surface area contributed by atoms with Gasteiger partial charge in [-0.05, 0) is 11.0 Å². The lowest BCUT2D eigenvalue weighted by Crippen LogP contribution is -2.12. The molecule has 0 saturated carbocycles. The quantitative estimate of drug-likeness (QED) is 0.690. The van der Waals surface area contributed by atoms with Gasteiger partial charge in [0.1, 0.15) is 0 Å². The molecule has 2 aromatic rings. The zero-order valence-electron chi connectivity index (χ0n) is 8.52. The molecule has 0 aromatic carbocycles. The highest BCUT2D eigenvalue weighted by molar-refractivity contribution is 5.51. The standard InChI is InChI=1S/C10H13N3O/c1-10(2,3)7-4-11-9-8(14)5-12-13(9)6-7/h4-6,14H,1-3H3. The highest BCUT2D eigenvalue weighted by atomic mass is 16.3. The van der Waals surface area contributed by atoms with E-state index in [-0.39, 0.29) is 11.2 Å². The lowest BCUT2D eigenvalue weighted by molar-refractivity contribution is 0.479. The number of aromatic nitrogens is 3. The van der Waals surface area contributed by atoms with E-state index in [2.05, 4.69) is 30.9 Å². The van der Waals surface area contributed by atoms with E-state index in [0.717, 1.165) is 5.56 Å². The molecule has 2 aromatic heterocycles. The average molecular weight is 191 g/mol. The summed E-state index contributed by atoms with van der Waals surface area (Å²) in [4.78, 5) is 4.16. The molecule has 74 valence electrons. The Morgan fingerprint density at radius 3 is 2.64 bits per heavy atom. The van der Waals surface area contributed by atoms with E-state index in [1.54, 1.807) is 10.7 Å². The van der Waals surface area contributed by atoms with Crippen molar-refractivity contribution in [2.45, 2.75) is 26.2 Å². The van der Waals surface area contributed by atoms with Crippen LogP contribution in [0.2, 0.25) is 0 Å². The first-order valence-electron chi connectivity index (χ1n) is 4.51. The number of fused-ring (bicyclic) bond motifs is 1. The summed E-state index contributed by atoms with van der Waals surface area (Å²) in [7, 11) is 0. The smallest absolute Gasteiger partial charge is 0.197 e. The van der Waals surface area contributed by atoms with Crippen LogP contribution in [0.1, 0.15) is 26.3 Å². The number of hydrogen-bond acceptors (Lipinski definition) is 3. The Morgan fingerprint density at radius 2 is 2.00 bits per heavy atom. The molecule has 0 aliphatic rings. The van der Waals surface area contributed by atoms with Crippen molar-refractivity contribution < 1.29 is 5.11 Å². The third-order valence-corrected chi connectivity index (χ3v) is 2.20. The van der Waals surface area contributed by atoms with Gasteiger partial charge in [0, 0.05) is 12.4 Å². The highest BCUT2D eigenvalue weighted by Gasteiger charge is 2.15. The lowest BCUT2D eigenvalue weighted by atomic mass is 9.89. The van der Waals surface area contributed by atoms with Crippen molar-refractivity contribution in [2.75, 3.05) is 0 Å². The van der Waals surface area contributed by atoms with Crippen LogP contribution in [0, 0.1) is 0 Å². The van der Waals surface area contributed by atoms with E-state index in [4.69, 9.17) is 0 Å². The second kappa shape index (κ2) is 2.70. The maximum absolute atomic E-state index is 9.36. The van der Waals surface area contributed by atoms with Crippen molar-refractivity contribution in [3.8, 4) is 5.75 Å². The Kier molecular flexibility index (Phi) is 1.74. The molecule has 0 aliphatic heterocycles. The van der Waals surface area contributed by atoms with Crippen molar-refractivity contribution in [1.82, 2.24) is 14.6 Å². The maximum atomic E-state index is 9.36. The van der Waals surface area contributed by atoms with Gasteiger partial charge in [0.15, 0.2) is 11.4 Å². The van der Waals surface area contributed by atoms with E-state index in [1.807, 2.05) is 6.20 Å². The first kappa shape index (κ1) is 8.99. The molecule has 0 radical (unpaired) electrons. The number of rotatable bonds is 0. The van der Waals surface area contributed by atoms with Crippen LogP contribution in [0.15, 0.2) is 18.6 Å². The molecule has 0 spiro atoms. The zero-order chi connectivity index (χ0) is 10.3. The molecular weight excluding hydrogens is 178 g/mol. The largest absolute Gasteiger partial charge is 0.503 e. The number of aromatic hydroxyl groups is 1. The Bertz CT molecular complexity index is 468. The predicted molar refractivity (Wildman–Crippen MR) is 53.4 cm³/mol. The van der Waals surface area contributed by atoms with Crippen LogP contribution in [-0.4, -0.2) is 19.7 Å². The first-order valence-corrected chi connectivity index (χ1v) is 4.51. The molecule has 14 heavy (non-hydrogen) atoms. The van der Waals surface area contributed by atoms with Crippen LogP contribution in [0.3, 0.4) is 0 Å². The fourth-order valence-corrected chi connectivity index (χ4v) is 1.25. The van der Waals surface area contributed by atoms with Gasteiger partial charge in [-0.2, -0.15) is 5.10 Å². The average Bonchev–Trinajstić information content (AvgIpc) is 2.46. The first-order chi connectivity index (χ1) is 6.48. The number of hydrogen-bond donors (Lipinski definition) is 1. The minimum atomic E-state index is 0.0444. The van der Waals surface area contributed by atoms with Gasteiger partial charge in [-0.25, -0.2) is 9.50 Å². The topological polar surface area (TPSA) is 50.4 Å². The van der Waals surface area contributed by atoms with Crippen LogP contribution in [-0.2, 0) is 5.41 Å². The molecule has 0 saturated heterocycles. The summed E-state index contributed by atoms with van der Waals surface area (Å²) in [5, 5.41) is 13.4. The van der Waals surface area contributed by atoms with Crippen LogP contribution < -0.4 is 0 Å². The molecule has 0 fully saturated rings. The van der Waals surface area contributed by atoms with Crippen molar-refractivity contribution in [2.24, 2.45) is 0 Å². The Balaban J connectivity index is 2.63. The maximum Gasteiger partial charge on any atom is 0.197 e. The van der Waals surface area contributed by atoms with Crippen molar-refractivity contribution in [1.29, 1.82) is 0 Å². The summed E-state index contributed by atoms with van der Waals surface area (Å²) in [6, 6.07) is 0. The molecule has 2 rings (SSSR count). The van der Waals surface area contributed by atoms with Crippen LogP contribution >= 0.6 is 0 Å². The molecule has 4 nitrogen and oxygen atoms in total. The molecule has 0 atom stereocenters. The molecule has 0 aliphatic carbocycles. The normalized spacial score (nSPS) is 12.2. The van der Waals surface area contributed by atoms with Gasteiger partial charge in [0.25, 0.3) is 0 Å². The molecule has 1 N–H and O–H groups in total. The lowest BCUT2D eigenvalue weighted by Gasteiger charge is -2.17. The van der Waals surface area contributed by atoms with Gasteiger partial charge >= 0.3 is 0 Å². The second-order valence-corrected chi connectivity index (χ2v) is 4.39. The summed E-state index contributed by atoms with van der Waals surface area (Å²) in [6.07, 6.45) is 5.06. The van der Waals surface area contributed by atoms with Gasteiger partial charge in [0.05, 0.1) is 6.20 Å². The molecule has 0 amide bonds. The van der Waals surface area contributed by atoms with Gasteiger partial charge in [0.2, 0.25) is 0 Å². The third-order valence-electron chi connectivity index (χ3n) is 2.20. The summed E-state index contributed by atoms with van der Waals surface area (Å²) >= 11 is 0. The van der Waals surface area contributed by atoms with E-state index in [0.29, 0.717) is 5.65 Å². The van der Waals surface area contributed by atoms with Gasteiger partial charge in [-0.15, -0.1) is 0 Å². The number of nitrogens with zero attached hydrogens (tertiary/aromatic N) is 3. The molecular formula is C10H13N3O. The van der Waals surface area contributed by atoms with E-state index in [9.17, 15) is 5.11 Å². The summed E-state index contributed by atoms with van der Waals surface area (Å²) < 4.78 is 1.59. The Morgan fingerprint density at radius 1 is 1.29 bits per heavy atom. The van der Waals surface area contributed by atoms with Crippen molar-refractivity contribution in [3.05, 3.63) is 24.2 Å². The van der Waals surface area contributed by atoms with Crippen LogP contribution in [0.25, 0.3) is 5.65 Å². The van der Waals surface area contributed by atoms with E-state index < -0.39 is 0 Å². The summed E-state index contributed by atoms with van der Waals surface area (Å²) in [5.74, 6) is 0.116. The minimum Gasteiger partial charge on any atom is -0.503 e. The minimum absolute atomic E-state index is 0.0444. The van der Waals surface area contributed by atoms with Crippen molar-refractivity contribution >= 4 is 5.65 Å². The third kappa shape index (κ3) is 1.32. The molecule has 0 bridgehead atoms. The Hall–Kier alpha value is -1.58.